The van der Waals surface area contributed by atoms with E-state index in [0.29, 0.717) is 6.04 Å². The van der Waals surface area contributed by atoms with Gasteiger partial charge in [-0.15, -0.1) is 0 Å². The average molecular weight is 249 g/mol. The van der Waals surface area contributed by atoms with Crippen molar-refractivity contribution in [2.45, 2.75) is 32.2 Å². The molecule has 1 aliphatic rings. The zero-order valence-corrected chi connectivity index (χ0v) is 11.2. The molecule has 18 heavy (non-hydrogen) atoms. The van der Waals surface area contributed by atoms with E-state index in [-0.39, 0.29) is 0 Å². The molecule has 0 spiro atoms. The second-order valence-corrected chi connectivity index (χ2v) is 4.65. The Morgan fingerprint density at radius 1 is 1.33 bits per heavy atom. The Labute approximate surface area is 109 Å². The molecule has 1 aromatic rings. The van der Waals surface area contributed by atoms with Gasteiger partial charge in [-0.25, -0.2) is 0 Å². The number of para-hydroxylation sites is 1. The van der Waals surface area contributed by atoms with Crippen molar-refractivity contribution >= 4 is 0 Å². The predicted molar refractivity (Wildman–Crippen MR) is 73.0 cm³/mol. The van der Waals surface area contributed by atoms with Gasteiger partial charge in [-0.3, -0.25) is 0 Å². The van der Waals surface area contributed by atoms with Crippen LogP contribution < -0.4 is 10.1 Å². The summed E-state index contributed by atoms with van der Waals surface area (Å²) in [7, 11) is 0. The van der Waals surface area contributed by atoms with Crippen LogP contribution >= 0.6 is 0 Å². The molecule has 1 aliphatic heterocycles. The Morgan fingerprint density at radius 2 is 2.22 bits per heavy atom. The molecule has 0 amide bonds. The Balaban J connectivity index is 1.74. The van der Waals surface area contributed by atoms with E-state index in [1.54, 1.807) is 0 Å². The first-order valence-corrected chi connectivity index (χ1v) is 6.94. The van der Waals surface area contributed by atoms with Crippen molar-refractivity contribution < 1.29 is 9.47 Å². The van der Waals surface area contributed by atoms with Crippen LogP contribution in [-0.2, 0) is 4.74 Å². The third-order valence-corrected chi connectivity index (χ3v) is 3.16. The Bertz CT molecular complexity index is 354. The highest BCUT2D eigenvalue weighted by atomic mass is 16.5. The first kappa shape index (κ1) is 13.4. The molecule has 1 unspecified atom stereocenters. The number of rotatable bonds is 7. The van der Waals surface area contributed by atoms with Gasteiger partial charge < -0.3 is 14.8 Å². The van der Waals surface area contributed by atoms with Crippen LogP contribution in [0.5, 0.6) is 5.75 Å². The molecule has 1 heterocycles. The van der Waals surface area contributed by atoms with Gasteiger partial charge in [-0.05, 0) is 25.5 Å². The van der Waals surface area contributed by atoms with Gasteiger partial charge in [0, 0.05) is 31.2 Å². The fraction of sp³-hybridized carbons (Fsp3) is 0.600. The van der Waals surface area contributed by atoms with Gasteiger partial charge in [-0.2, -0.15) is 0 Å². The smallest absolute Gasteiger partial charge is 0.124 e. The van der Waals surface area contributed by atoms with E-state index in [2.05, 4.69) is 24.4 Å². The molecule has 0 saturated heterocycles. The maximum absolute atomic E-state index is 5.65. The summed E-state index contributed by atoms with van der Waals surface area (Å²) in [4.78, 5) is 0. The quantitative estimate of drug-likeness (QED) is 0.754. The molecule has 0 saturated carbocycles. The summed E-state index contributed by atoms with van der Waals surface area (Å²) in [6, 6.07) is 8.74. The summed E-state index contributed by atoms with van der Waals surface area (Å²) in [6.45, 7) is 5.67. The zero-order chi connectivity index (χ0) is 12.6. The fourth-order valence-electron chi connectivity index (χ4n) is 2.25. The molecular weight excluding hydrogens is 226 g/mol. The standard InChI is InChI=1S/C15H23NO2/c1-2-10-17-11-5-9-16-14-8-12-18-15-7-4-3-6-13(14)15/h3-4,6-7,14,16H,2,5,8-12H2,1H3. The minimum atomic E-state index is 0.432. The number of hydrogen-bond donors (Lipinski definition) is 1. The largest absolute Gasteiger partial charge is 0.493 e. The second-order valence-electron chi connectivity index (χ2n) is 4.65. The van der Waals surface area contributed by atoms with Gasteiger partial charge in [-0.1, -0.05) is 25.1 Å². The lowest BCUT2D eigenvalue weighted by Crippen LogP contribution is -2.28. The van der Waals surface area contributed by atoms with Crippen LogP contribution in [0.2, 0.25) is 0 Å². The van der Waals surface area contributed by atoms with Crippen LogP contribution in [0, 0.1) is 0 Å². The van der Waals surface area contributed by atoms with Crippen LogP contribution in [0.25, 0.3) is 0 Å². The fourth-order valence-corrected chi connectivity index (χ4v) is 2.25. The van der Waals surface area contributed by atoms with E-state index in [4.69, 9.17) is 9.47 Å². The number of fused-ring (bicyclic) bond motifs is 1. The summed E-state index contributed by atoms with van der Waals surface area (Å²) in [5, 5.41) is 3.59. The van der Waals surface area contributed by atoms with E-state index in [1.807, 2.05) is 12.1 Å². The highest BCUT2D eigenvalue weighted by Crippen LogP contribution is 2.31. The summed E-state index contributed by atoms with van der Waals surface area (Å²) >= 11 is 0. The van der Waals surface area contributed by atoms with Gasteiger partial charge in [0.1, 0.15) is 5.75 Å². The van der Waals surface area contributed by atoms with E-state index in [0.717, 1.165) is 51.4 Å². The molecule has 3 heteroatoms. The Morgan fingerprint density at radius 3 is 3.11 bits per heavy atom. The molecular formula is C15H23NO2. The van der Waals surface area contributed by atoms with E-state index < -0.39 is 0 Å². The minimum absolute atomic E-state index is 0.432. The molecule has 3 nitrogen and oxygen atoms in total. The summed E-state index contributed by atoms with van der Waals surface area (Å²) in [6.07, 6.45) is 3.22. The molecule has 2 rings (SSSR count). The molecule has 1 aromatic carbocycles. The summed E-state index contributed by atoms with van der Waals surface area (Å²) in [5.74, 6) is 1.03. The number of nitrogens with one attached hydrogen (secondary N) is 1. The van der Waals surface area contributed by atoms with Crippen molar-refractivity contribution in [1.29, 1.82) is 0 Å². The second kappa shape index (κ2) is 7.39. The van der Waals surface area contributed by atoms with Crippen LogP contribution in [0.3, 0.4) is 0 Å². The van der Waals surface area contributed by atoms with Crippen molar-refractivity contribution in [3.05, 3.63) is 29.8 Å². The highest BCUT2D eigenvalue weighted by Gasteiger charge is 2.19. The highest BCUT2D eigenvalue weighted by molar-refractivity contribution is 5.37. The SMILES string of the molecule is CCCOCCCNC1CCOc2ccccc21. The van der Waals surface area contributed by atoms with Crippen LogP contribution in [0.4, 0.5) is 0 Å². The molecule has 0 aliphatic carbocycles. The van der Waals surface area contributed by atoms with Crippen molar-refractivity contribution in [3.8, 4) is 5.75 Å². The van der Waals surface area contributed by atoms with E-state index in [1.165, 1.54) is 5.56 Å². The van der Waals surface area contributed by atoms with Gasteiger partial charge in [0.15, 0.2) is 0 Å². The Hall–Kier alpha value is -1.06. The van der Waals surface area contributed by atoms with Crippen molar-refractivity contribution in [3.63, 3.8) is 0 Å². The lowest BCUT2D eigenvalue weighted by atomic mass is 10.0. The summed E-state index contributed by atoms with van der Waals surface area (Å²) < 4.78 is 11.1. The van der Waals surface area contributed by atoms with Crippen LogP contribution in [0.1, 0.15) is 37.8 Å². The topological polar surface area (TPSA) is 30.5 Å². The molecule has 1 atom stereocenters. The molecule has 0 bridgehead atoms. The van der Waals surface area contributed by atoms with E-state index >= 15 is 0 Å². The third-order valence-electron chi connectivity index (χ3n) is 3.16. The first-order valence-electron chi connectivity index (χ1n) is 6.94. The minimum Gasteiger partial charge on any atom is -0.493 e. The average Bonchev–Trinajstić information content (AvgIpc) is 2.43. The molecule has 100 valence electrons. The number of hydrogen-bond acceptors (Lipinski definition) is 3. The van der Waals surface area contributed by atoms with Crippen LogP contribution in [0.15, 0.2) is 24.3 Å². The molecule has 1 N–H and O–H groups in total. The van der Waals surface area contributed by atoms with Gasteiger partial charge in [0.2, 0.25) is 0 Å². The lowest BCUT2D eigenvalue weighted by molar-refractivity contribution is 0.131. The van der Waals surface area contributed by atoms with Crippen molar-refractivity contribution in [2.24, 2.45) is 0 Å². The molecule has 0 fully saturated rings. The van der Waals surface area contributed by atoms with Gasteiger partial charge >= 0.3 is 0 Å². The Kier molecular flexibility index (Phi) is 5.49. The zero-order valence-electron chi connectivity index (χ0n) is 11.2. The lowest BCUT2D eigenvalue weighted by Gasteiger charge is -2.26. The normalized spacial score (nSPS) is 18.2. The predicted octanol–water partition coefficient (Wildman–Crippen LogP) is 2.92. The van der Waals surface area contributed by atoms with Crippen molar-refractivity contribution in [2.75, 3.05) is 26.4 Å². The molecule has 0 aromatic heterocycles. The third kappa shape index (κ3) is 3.72. The van der Waals surface area contributed by atoms with E-state index in [9.17, 15) is 0 Å². The molecule has 0 radical (unpaired) electrons. The van der Waals surface area contributed by atoms with Crippen LogP contribution in [-0.4, -0.2) is 26.4 Å². The van der Waals surface area contributed by atoms with Crippen molar-refractivity contribution in [1.82, 2.24) is 5.32 Å². The monoisotopic (exact) mass is 249 g/mol. The summed E-state index contributed by atoms with van der Waals surface area (Å²) in [5.41, 5.74) is 1.29. The first-order chi connectivity index (χ1) is 8.92. The maximum atomic E-state index is 5.65. The van der Waals surface area contributed by atoms with Gasteiger partial charge in [0.25, 0.3) is 0 Å². The maximum Gasteiger partial charge on any atom is 0.124 e. The number of ether oxygens (including phenoxy) is 2. The number of benzene rings is 1. The van der Waals surface area contributed by atoms with Gasteiger partial charge in [0.05, 0.1) is 6.61 Å².